The van der Waals surface area contributed by atoms with Gasteiger partial charge in [-0.3, -0.25) is 14.9 Å². The van der Waals surface area contributed by atoms with E-state index >= 15 is 0 Å². The van der Waals surface area contributed by atoms with Gasteiger partial charge >= 0.3 is 5.69 Å². The molecule has 136 valence electrons. The monoisotopic (exact) mass is 356 g/mol. The van der Waals surface area contributed by atoms with Crippen LogP contribution in [-0.4, -0.2) is 24.5 Å². The Morgan fingerprint density at radius 2 is 2.08 bits per heavy atom. The van der Waals surface area contributed by atoms with Crippen LogP contribution in [0.3, 0.4) is 0 Å². The molecular weight excluding hydrogens is 336 g/mol. The minimum atomic E-state index is -0.501. The molecule has 7 heteroatoms. The number of benzene rings is 2. The van der Waals surface area contributed by atoms with Gasteiger partial charge in [0.2, 0.25) is 5.91 Å². The molecule has 0 unspecified atom stereocenters. The number of amides is 1. The second-order valence-corrected chi connectivity index (χ2v) is 5.39. The Balaban J connectivity index is 2.09. The van der Waals surface area contributed by atoms with Crippen molar-refractivity contribution in [1.29, 1.82) is 0 Å². The van der Waals surface area contributed by atoms with E-state index in [9.17, 15) is 14.9 Å². The Morgan fingerprint density at radius 1 is 1.27 bits per heavy atom. The van der Waals surface area contributed by atoms with Crippen molar-refractivity contribution in [3.63, 3.8) is 0 Å². The highest BCUT2D eigenvalue weighted by molar-refractivity contribution is 6.02. The van der Waals surface area contributed by atoms with Crippen LogP contribution in [0.4, 0.5) is 11.4 Å². The lowest BCUT2D eigenvalue weighted by Crippen LogP contribution is -2.07. The van der Waals surface area contributed by atoms with Gasteiger partial charge in [0.25, 0.3) is 0 Å². The van der Waals surface area contributed by atoms with Crippen LogP contribution in [0.25, 0.3) is 6.08 Å². The summed E-state index contributed by atoms with van der Waals surface area (Å²) < 4.78 is 10.5. The number of hydrogen-bond donors (Lipinski definition) is 1. The van der Waals surface area contributed by atoms with Crippen molar-refractivity contribution in [3.05, 3.63) is 64.2 Å². The fraction of sp³-hybridized carbons (Fsp3) is 0.211. The number of nitrogens with one attached hydrogen (secondary N) is 1. The molecular formula is C19H20N2O5. The number of carbonyl (C=O) groups excluding carboxylic acids is 1. The normalized spacial score (nSPS) is 10.5. The van der Waals surface area contributed by atoms with Crippen molar-refractivity contribution in [2.24, 2.45) is 0 Å². The van der Waals surface area contributed by atoms with Crippen molar-refractivity contribution in [3.8, 4) is 11.5 Å². The number of nitro groups is 1. The van der Waals surface area contributed by atoms with E-state index in [1.807, 2.05) is 6.92 Å². The third-order valence-electron chi connectivity index (χ3n) is 3.41. The molecule has 0 aliphatic heterocycles. The van der Waals surface area contributed by atoms with Crippen molar-refractivity contribution >= 4 is 23.4 Å². The molecule has 26 heavy (non-hydrogen) atoms. The summed E-state index contributed by atoms with van der Waals surface area (Å²) in [5, 5.41) is 13.9. The lowest BCUT2D eigenvalue weighted by molar-refractivity contribution is -0.385. The fourth-order valence-electron chi connectivity index (χ4n) is 2.17. The highest BCUT2D eigenvalue weighted by Crippen LogP contribution is 2.28. The zero-order valence-corrected chi connectivity index (χ0v) is 14.6. The second kappa shape index (κ2) is 9.22. The Kier molecular flexibility index (Phi) is 6.73. The number of methoxy groups -OCH3 is 1. The van der Waals surface area contributed by atoms with Crippen LogP contribution in [0.2, 0.25) is 0 Å². The lowest BCUT2D eigenvalue weighted by Gasteiger charge is -2.06. The minimum absolute atomic E-state index is 0.131. The standard InChI is InChI=1S/C19H20N2O5/c1-3-11-26-18-9-7-14(12-17(18)21(23)24)8-10-19(22)20-15-5-4-6-16(13-15)25-2/h4-10,12-13H,3,11H2,1-2H3,(H,20,22)/b10-8+. The van der Waals surface area contributed by atoms with Crippen LogP contribution in [0.5, 0.6) is 11.5 Å². The first-order chi connectivity index (χ1) is 12.5. The summed E-state index contributed by atoms with van der Waals surface area (Å²) in [5.74, 6) is 0.493. The molecule has 0 spiro atoms. The summed E-state index contributed by atoms with van der Waals surface area (Å²) in [6, 6.07) is 11.5. The van der Waals surface area contributed by atoms with Crippen LogP contribution in [0.1, 0.15) is 18.9 Å². The van der Waals surface area contributed by atoms with E-state index in [1.54, 1.807) is 37.4 Å². The fourth-order valence-corrected chi connectivity index (χ4v) is 2.17. The lowest BCUT2D eigenvalue weighted by atomic mass is 10.1. The number of nitrogens with zero attached hydrogens (tertiary/aromatic N) is 1. The van der Waals surface area contributed by atoms with Crippen molar-refractivity contribution in [2.75, 3.05) is 19.0 Å². The van der Waals surface area contributed by atoms with Gasteiger partial charge in [0.1, 0.15) is 5.75 Å². The summed E-state index contributed by atoms with van der Waals surface area (Å²) in [6.07, 6.45) is 3.57. The number of ether oxygens (including phenoxy) is 2. The largest absolute Gasteiger partial charge is 0.497 e. The summed E-state index contributed by atoms with van der Waals surface area (Å²) >= 11 is 0. The molecule has 1 N–H and O–H groups in total. The summed E-state index contributed by atoms with van der Waals surface area (Å²) in [4.78, 5) is 22.7. The first kappa shape index (κ1) is 19.0. The maximum absolute atomic E-state index is 12.0. The highest BCUT2D eigenvalue weighted by Gasteiger charge is 2.15. The number of hydrogen-bond acceptors (Lipinski definition) is 5. The van der Waals surface area contributed by atoms with E-state index in [1.165, 1.54) is 24.3 Å². The van der Waals surface area contributed by atoms with Gasteiger partial charge in [-0.1, -0.05) is 19.1 Å². The third kappa shape index (κ3) is 5.34. The molecule has 7 nitrogen and oxygen atoms in total. The van der Waals surface area contributed by atoms with Gasteiger partial charge in [-0.05, 0) is 36.3 Å². The molecule has 0 heterocycles. The average molecular weight is 356 g/mol. The maximum Gasteiger partial charge on any atom is 0.311 e. The Labute approximate surface area is 151 Å². The first-order valence-corrected chi connectivity index (χ1v) is 8.08. The highest BCUT2D eigenvalue weighted by atomic mass is 16.6. The minimum Gasteiger partial charge on any atom is -0.497 e. The molecule has 0 aliphatic carbocycles. The van der Waals surface area contributed by atoms with E-state index < -0.39 is 4.92 Å². The van der Waals surface area contributed by atoms with Gasteiger partial charge in [-0.2, -0.15) is 0 Å². The SMILES string of the molecule is CCCOc1ccc(/C=C/C(=O)Nc2cccc(OC)c2)cc1[N+](=O)[O-]. The van der Waals surface area contributed by atoms with E-state index in [-0.39, 0.29) is 17.3 Å². The van der Waals surface area contributed by atoms with Gasteiger partial charge in [0.05, 0.1) is 18.6 Å². The van der Waals surface area contributed by atoms with E-state index in [4.69, 9.17) is 9.47 Å². The molecule has 1 amide bonds. The quantitative estimate of drug-likeness (QED) is 0.438. The first-order valence-electron chi connectivity index (χ1n) is 8.08. The topological polar surface area (TPSA) is 90.7 Å². The van der Waals surface area contributed by atoms with Gasteiger partial charge in [0.15, 0.2) is 5.75 Å². The molecule has 0 saturated heterocycles. The second-order valence-electron chi connectivity index (χ2n) is 5.39. The van der Waals surface area contributed by atoms with Gasteiger partial charge in [0, 0.05) is 23.9 Å². The van der Waals surface area contributed by atoms with Crippen molar-refractivity contribution in [1.82, 2.24) is 0 Å². The molecule has 0 fully saturated rings. The predicted octanol–water partition coefficient (Wildman–Crippen LogP) is 4.04. The van der Waals surface area contributed by atoms with Crippen LogP contribution >= 0.6 is 0 Å². The number of anilines is 1. The molecule has 2 aromatic rings. The Hall–Kier alpha value is -3.35. The molecule has 0 bridgehead atoms. The van der Waals surface area contributed by atoms with Crippen LogP contribution in [-0.2, 0) is 4.79 Å². The number of carbonyl (C=O) groups is 1. The van der Waals surface area contributed by atoms with Gasteiger partial charge in [-0.25, -0.2) is 0 Å². The molecule has 0 aliphatic rings. The zero-order chi connectivity index (χ0) is 18.9. The van der Waals surface area contributed by atoms with E-state index in [2.05, 4.69) is 5.32 Å². The number of nitro benzene ring substituents is 1. The van der Waals surface area contributed by atoms with Crippen molar-refractivity contribution in [2.45, 2.75) is 13.3 Å². The van der Waals surface area contributed by atoms with Crippen LogP contribution in [0.15, 0.2) is 48.5 Å². The van der Waals surface area contributed by atoms with Gasteiger partial charge < -0.3 is 14.8 Å². The smallest absolute Gasteiger partial charge is 0.311 e. The average Bonchev–Trinajstić information content (AvgIpc) is 2.65. The predicted molar refractivity (Wildman–Crippen MR) is 99.5 cm³/mol. The van der Waals surface area contributed by atoms with Crippen LogP contribution < -0.4 is 14.8 Å². The molecule has 0 saturated carbocycles. The zero-order valence-electron chi connectivity index (χ0n) is 14.6. The summed E-state index contributed by atoms with van der Waals surface area (Å²) in [5.41, 5.74) is 0.989. The molecule has 2 aromatic carbocycles. The Bertz CT molecular complexity index is 817. The maximum atomic E-state index is 12.0. The number of rotatable bonds is 8. The molecule has 0 radical (unpaired) electrons. The van der Waals surface area contributed by atoms with Crippen molar-refractivity contribution < 1.29 is 19.2 Å². The Morgan fingerprint density at radius 3 is 2.77 bits per heavy atom. The summed E-state index contributed by atoms with van der Waals surface area (Å²) in [6.45, 7) is 2.32. The molecule has 0 atom stereocenters. The summed E-state index contributed by atoms with van der Waals surface area (Å²) in [7, 11) is 1.54. The van der Waals surface area contributed by atoms with Gasteiger partial charge in [-0.15, -0.1) is 0 Å². The third-order valence-corrected chi connectivity index (χ3v) is 3.41. The van der Waals surface area contributed by atoms with E-state index in [0.29, 0.717) is 23.6 Å². The van der Waals surface area contributed by atoms with E-state index in [0.717, 1.165) is 6.42 Å². The van der Waals surface area contributed by atoms with Crippen LogP contribution in [0, 0.1) is 10.1 Å². The molecule has 0 aromatic heterocycles. The molecule has 2 rings (SSSR count).